The fourth-order valence-corrected chi connectivity index (χ4v) is 7.53. The topological polar surface area (TPSA) is 116 Å². The summed E-state index contributed by atoms with van der Waals surface area (Å²) in [5.41, 5.74) is 5.91. The van der Waals surface area contributed by atoms with Gasteiger partial charge in [-0.05, 0) is 39.5 Å². The van der Waals surface area contributed by atoms with Crippen LogP contribution in [0, 0.1) is 0 Å². The van der Waals surface area contributed by atoms with Gasteiger partial charge in [0.25, 0.3) is 0 Å². The van der Waals surface area contributed by atoms with E-state index in [0.29, 0.717) is 6.61 Å². The maximum absolute atomic E-state index is 10.8. The largest absolute Gasteiger partial charge is 0.505 e. The molecule has 6 aromatic carbocycles. The van der Waals surface area contributed by atoms with E-state index in [0.717, 1.165) is 33.4 Å². The predicted molar refractivity (Wildman–Crippen MR) is 251 cm³/mol. The van der Waals surface area contributed by atoms with Crippen LogP contribution in [-0.2, 0) is 82.3 Å². The Kier molecular flexibility index (Phi) is 19.5. The maximum Gasteiger partial charge on any atom is 0.187 e. The van der Waals surface area contributed by atoms with E-state index < -0.39 is 42.9 Å². The summed E-state index contributed by atoms with van der Waals surface area (Å²) >= 11 is 0. The van der Waals surface area contributed by atoms with Crippen molar-refractivity contribution in [1.29, 1.82) is 0 Å². The van der Waals surface area contributed by atoms with Gasteiger partial charge in [-0.3, -0.25) is 0 Å². The van der Waals surface area contributed by atoms with Crippen molar-refractivity contribution in [2.75, 3.05) is 20.3 Å². The summed E-state index contributed by atoms with van der Waals surface area (Å²) in [5, 5.41) is 14.6. The third kappa shape index (κ3) is 15.0. The first-order chi connectivity index (χ1) is 32.7. The van der Waals surface area contributed by atoms with E-state index >= 15 is 0 Å². The maximum atomic E-state index is 10.8. The number of ether oxygens (including phenoxy) is 9. The molecule has 0 amide bonds. The van der Waals surface area contributed by atoms with Gasteiger partial charge in [0.15, 0.2) is 6.29 Å². The first kappa shape index (κ1) is 48.0. The normalized spacial score (nSPS) is 19.7. The van der Waals surface area contributed by atoms with E-state index in [9.17, 15) is 5.21 Å². The van der Waals surface area contributed by atoms with Crippen molar-refractivity contribution < 1.29 is 47.8 Å². The van der Waals surface area contributed by atoms with Crippen LogP contribution in [0.1, 0.15) is 33.4 Å². The van der Waals surface area contributed by atoms with Gasteiger partial charge in [-0.2, -0.15) is 0 Å². The SMILES string of the molecule is CO/C=C/[C@@H](OCc1ccccc1)[C@H](O[C@H]1O[C@H](COCc2ccccc2)[C@@H](OCc2ccccc2)[C@H](OCc2ccccc2)[C@H]1OCc1ccccc1)/C(COCc1ccccc1)=N/O. The summed E-state index contributed by atoms with van der Waals surface area (Å²) in [6.07, 6.45) is -3.03. The third-order valence-electron chi connectivity index (χ3n) is 10.9. The van der Waals surface area contributed by atoms with Crippen LogP contribution in [0.25, 0.3) is 0 Å². The lowest BCUT2D eigenvalue weighted by molar-refractivity contribution is -0.335. The third-order valence-corrected chi connectivity index (χ3v) is 10.9. The second-order valence-corrected chi connectivity index (χ2v) is 15.8. The molecule has 344 valence electrons. The molecule has 0 aromatic heterocycles. The summed E-state index contributed by atoms with van der Waals surface area (Å²) in [6, 6.07) is 59.3. The van der Waals surface area contributed by atoms with Crippen LogP contribution in [0.2, 0.25) is 0 Å². The van der Waals surface area contributed by atoms with Crippen LogP contribution < -0.4 is 0 Å². The standard InChI is InChI=1S/C55H59NO10/c1-58-33-32-49(61-36-44-24-12-4-13-25-44)51(48(56-57)40-59-34-42-20-8-2-9-21-42)66-55-54(64-39-47-30-18-7-19-31-47)53(63-38-46-28-16-6-17-29-46)52(62-37-45-26-14-5-15-27-45)50(65-55)41-60-35-43-22-10-3-11-23-43/h2-33,49-55,57H,34-41H2,1H3/b33-32+,56-48+/t49-,50-,51-,52-,53+,54-,55-/m1/s1. The molecule has 6 aromatic rings. The van der Waals surface area contributed by atoms with Crippen molar-refractivity contribution in [3.05, 3.63) is 228 Å². The van der Waals surface area contributed by atoms with E-state index in [1.807, 2.05) is 182 Å². The fraction of sp³-hybridized carbons (Fsp3) is 0.291. The zero-order valence-corrected chi connectivity index (χ0v) is 37.2. The van der Waals surface area contributed by atoms with Crippen molar-refractivity contribution >= 4 is 5.71 Å². The first-order valence-corrected chi connectivity index (χ1v) is 22.2. The van der Waals surface area contributed by atoms with Gasteiger partial charge in [0.2, 0.25) is 0 Å². The van der Waals surface area contributed by atoms with Gasteiger partial charge in [0.05, 0.1) is 66.2 Å². The van der Waals surface area contributed by atoms with Gasteiger partial charge in [-0.25, -0.2) is 0 Å². The Hall–Kier alpha value is -5.99. The highest BCUT2D eigenvalue weighted by Crippen LogP contribution is 2.33. The minimum atomic E-state index is -1.16. The Morgan fingerprint density at radius 1 is 0.530 bits per heavy atom. The number of hydrogen-bond donors (Lipinski definition) is 1. The van der Waals surface area contributed by atoms with Crippen molar-refractivity contribution in [3.63, 3.8) is 0 Å². The lowest BCUT2D eigenvalue weighted by Crippen LogP contribution is -2.63. The number of hydrogen-bond acceptors (Lipinski definition) is 11. The number of methoxy groups -OCH3 is 1. The van der Waals surface area contributed by atoms with Crippen LogP contribution in [0.4, 0.5) is 0 Å². The number of nitrogens with zero attached hydrogens (tertiary/aromatic N) is 1. The lowest BCUT2D eigenvalue weighted by Gasteiger charge is -2.47. The first-order valence-electron chi connectivity index (χ1n) is 22.2. The summed E-state index contributed by atoms with van der Waals surface area (Å²) in [4.78, 5) is 0. The Morgan fingerprint density at radius 3 is 1.39 bits per heavy atom. The average molecular weight is 894 g/mol. The molecule has 11 heteroatoms. The molecular weight excluding hydrogens is 835 g/mol. The van der Waals surface area contributed by atoms with E-state index in [2.05, 4.69) is 5.16 Å². The fourth-order valence-electron chi connectivity index (χ4n) is 7.53. The molecule has 1 N–H and O–H groups in total. The number of oxime groups is 1. The van der Waals surface area contributed by atoms with Crippen LogP contribution in [0.3, 0.4) is 0 Å². The summed E-state index contributed by atoms with van der Waals surface area (Å²) < 4.78 is 59.6. The van der Waals surface area contributed by atoms with E-state index in [1.165, 1.54) is 6.26 Å². The minimum absolute atomic E-state index is 0.106. The predicted octanol–water partition coefficient (Wildman–Crippen LogP) is 9.86. The highest BCUT2D eigenvalue weighted by atomic mass is 16.7. The molecule has 0 radical (unpaired) electrons. The second-order valence-electron chi connectivity index (χ2n) is 15.8. The Balaban J connectivity index is 1.27. The summed E-state index contributed by atoms with van der Waals surface area (Å²) in [6.45, 7) is 1.52. The molecule has 1 heterocycles. The molecule has 0 unspecified atom stereocenters. The number of rotatable bonds is 26. The molecular formula is C55H59NO10. The molecule has 7 rings (SSSR count). The Morgan fingerprint density at radius 2 is 0.939 bits per heavy atom. The molecule has 7 atom stereocenters. The minimum Gasteiger partial charge on any atom is -0.505 e. The average Bonchev–Trinajstić information content (AvgIpc) is 3.37. The van der Waals surface area contributed by atoms with Gasteiger partial charge in [0, 0.05) is 0 Å². The molecule has 1 aliphatic rings. The lowest BCUT2D eigenvalue weighted by atomic mass is 9.97. The monoisotopic (exact) mass is 893 g/mol. The van der Waals surface area contributed by atoms with Gasteiger partial charge in [-0.15, -0.1) is 0 Å². The van der Waals surface area contributed by atoms with Crippen molar-refractivity contribution in [2.24, 2.45) is 5.16 Å². The van der Waals surface area contributed by atoms with Crippen molar-refractivity contribution in [3.8, 4) is 0 Å². The molecule has 1 fully saturated rings. The molecule has 66 heavy (non-hydrogen) atoms. The van der Waals surface area contributed by atoms with Crippen LogP contribution >= 0.6 is 0 Å². The van der Waals surface area contributed by atoms with Crippen LogP contribution in [0.15, 0.2) is 199 Å². The Bertz CT molecular complexity index is 2270. The molecule has 11 nitrogen and oxygen atoms in total. The van der Waals surface area contributed by atoms with E-state index in [1.54, 1.807) is 13.2 Å². The van der Waals surface area contributed by atoms with Gasteiger partial charge >= 0.3 is 0 Å². The smallest absolute Gasteiger partial charge is 0.187 e. The van der Waals surface area contributed by atoms with Crippen LogP contribution in [-0.4, -0.2) is 74.2 Å². The van der Waals surface area contributed by atoms with Crippen molar-refractivity contribution in [2.45, 2.75) is 82.6 Å². The summed E-state index contributed by atoms with van der Waals surface area (Å²) in [5.74, 6) is 0. The van der Waals surface area contributed by atoms with Gasteiger partial charge in [0.1, 0.15) is 42.3 Å². The zero-order valence-electron chi connectivity index (χ0n) is 37.2. The van der Waals surface area contributed by atoms with Gasteiger partial charge < -0.3 is 47.8 Å². The highest BCUT2D eigenvalue weighted by molar-refractivity contribution is 5.90. The molecule has 0 bridgehead atoms. The molecule has 1 aliphatic heterocycles. The van der Waals surface area contributed by atoms with E-state index in [4.69, 9.17) is 42.6 Å². The number of benzene rings is 6. The quantitative estimate of drug-likeness (QED) is 0.0244. The van der Waals surface area contributed by atoms with Gasteiger partial charge in [-0.1, -0.05) is 187 Å². The van der Waals surface area contributed by atoms with Crippen LogP contribution in [0.5, 0.6) is 0 Å². The molecule has 0 saturated carbocycles. The van der Waals surface area contributed by atoms with E-state index in [-0.39, 0.29) is 52.0 Å². The summed E-state index contributed by atoms with van der Waals surface area (Å²) in [7, 11) is 1.55. The Labute approximate surface area is 388 Å². The highest BCUT2D eigenvalue weighted by Gasteiger charge is 2.50. The second kappa shape index (κ2) is 26.8. The molecule has 0 aliphatic carbocycles. The zero-order chi connectivity index (χ0) is 45.4. The van der Waals surface area contributed by atoms with Crippen molar-refractivity contribution in [1.82, 2.24) is 0 Å². The molecule has 0 spiro atoms. The molecule has 1 saturated heterocycles.